The van der Waals surface area contributed by atoms with Crippen LogP contribution in [0.1, 0.15) is 80.3 Å². The number of allylic oxidation sites excluding steroid dienone is 1. The average Bonchev–Trinajstić information content (AvgIpc) is 3.27. The lowest BCUT2D eigenvalue weighted by Gasteiger charge is -2.54. The van der Waals surface area contributed by atoms with Gasteiger partial charge in [0.1, 0.15) is 21.2 Å². The zero-order chi connectivity index (χ0) is 38.8. The molecule has 2 aromatic rings. The van der Waals surface area contributed by atoms with E-state index >= 15 is 0 Å². The van der Waals surface area contributed by atoms with Crippen molar-refractivity contribution < 1.29 is 26.9 Å². The predicted molar refractivity (Wildman–Crippen MR) is 223 cm³/mol. The lowest BCUT2D eigenvalue weighted by molar-refractivity contribution is -0.109. The number of hydrogen-bond acceptors (Lipinski definition) is 8. The molecule has 0 radical (unpaired) electrons. The third-order valence-electron chi connectivity index (χ3n) is 14.5. The van der Waals surface area contributed by atoms with Gasteiger partial charge in [0.05, 0.1) is 33.5 Å². The van der Waals surface area contributed by atoms with E-state index in [4.69, 9.17) is 21.1 Å². The summed E-state index contributed by atoms with van der Waals surface area (Å²) in [4.78, 5) is 18.8. The molecule has 6 aliphatic rings. The van der Waals surface area contributed by atoms with Crippen LogP contribution in [0.3, 0.4) is 0 Å². The van der Waals surface area contributed by atoms with Crippen LogP contribution >= 0.6 is 11.6 Å². The fraction of sp³-hybridized carbons (Fsp3) is 0.628. The highest BCUT2D eigenvalue weighted by atomic mass is 35.5. The summed E-state index contributed by atoms with van der Waals surface area (Å²) in [5.74, 6) is 6.64. The van der Waals surface area contributed by atoms with Crippen molar-refractivity contribution in [2.45, 2.75) is 81.5 Å². The molecule has 2 aromatic carbocycles. The van der Waals surface area contributed by atoms with Gasteiger partial charge in [0.2, 0.25) is 0 Å². The number of benzene rings is 2. The number of fused-ring (bicyclic) bond motifs is 4. The van der Waals surface area contributed by atoms with E-state index in [-0.39, 0.29) is 28.4 Å². The smallest absolute Gasteiger partial charge is 0.262 e. The van der Waals surface area contributed by atoms with Gasteiger partial charge in [-0.3, -0.25) is 14.4 Å². The molecule has 300 valence electrons. The minimum atomic E-state index is -2.98. The first kappa shape index (κ1) is 39.3. The van der Waals surface area contributed by atoms with Gasteiger partial charge in [-0.05, 0) is 135 Å². The molecule has 1 N–H and O–H groups in total. The van der Waals surface area contributed by atoms with Gasteiger partial charge in [-0.1, -0.05) is 36.7 Å². The second kappa shape index (κ2) is 15.0. The maximum atomic E-state index is 14.1. The molecule has 1 spiro atoms. The Balaban J connectivity index is 1.14. The SMILES string of the molecule is C=S1(=O)NC(=O)c2ccc3c(c2)N(C[C@@H]2CC[C@H]2[C@@](CN2CC(C4CCS(=O)(=O)CC4)C2)(OC)/C=C/C[C@H](C)[C@H]1C)C[C@@]1(CCCc2cc(Cl)ccc21)CO3. The number of methoxy groups -OCH3 is 1. The fourth-order valence-corrected chi connectivity index (χ4v) is 13.9. The number of sulfone groups is 1. The van der Waals surface area contributed by atoms with Gasteiger partial charge in [-0.2, -0.15) is 0 Å². The van der Waals surface area contributed by atoms with Crippen molar-refractivity contribution in [3.63, 3.8) is 0 Å². The number of nitrogens with zero attached hydrogens (tertiary/aromatic N) is 2. The van der Waals surface area contributed by atoms with E-state index in [0.29, 0.717) is 47.9 Å². The van der Waals surface area contributed by atoms with Gasteiger partial charge in [0, 0.05) is 61.1 Å². The molecule has 3 fully saturated rings. The van der Waals surface area contributed by atoms with Crippen LogP contribution in [0.2, 0.25) is 5.02 Å². The Hall–Kier alpha value is -2.57. The van der Waals surface area contributed by atoms with Crippen LogP contribution in [-0.4, -0.2) is 98.1 Å². The molecular formula is C43H58ClN3O6S2. The molecule has 7 atom stereocenters. The number of carbonyl (C=O) groups is 1. The van der Waals surface area contributed by atoms with E-state index in [1.165, 1.54) is 11.1 Å². The summed E-state index contributed by atoms with van der Waals surface area (Å²) in [6, 6.07) is 11.9. The first-order valence-electron chi connectivity index (χ1n) is 20.3. The second-order valence-electron chi connectivity index (χ2n) is 17.8. The number of likely N-dealkylation sites (tertiary alicyclic amines) is 1. The molecule has 2 saturated heterocycles. The number of ether oxygens (including phenoxy) is 2. The number of nitrogens with one attached hydrogen (secondary N) is 1. The Morgan fingerprint density at radius 2 is 1.78 bits per heavy atom. The van der Waals surface area contributed by atoms with Crippen molar-refractivity contribution in [3.05, 3.63) is 70.3 Å². The number of halogens is 1. The summed E-state index contributed by atoms with van der Waals surface area (Å²) in [6.07, 6.45) is 11.9. The lowest BCUT2D eigenvalue weighted by Crippen LogP contribution is -2.61. The van der Waals surface area contributed by atoms with Gasteiger partial charge in [0.25, 0.3) is 5.91 Å². The first-order chi connectivity index (χ1) is 26.2. The second-order valence-corrected chi connectivity index (χ2v) is 23.0. The van der Waals surface area contributed by atoms with Crippen molar-refractivity contribution in [1.29, 1.82) is 0 Å². The van der Waals surface area contributed by atoms with Gasteiger partial charge < -0.3 is 14.4 Å². The molecule has 4 heterocycles. The minimum Gasteiger partial charge on any atom is -0.490 e. The molecule has 12 heteroatoms. The maximum absolute atomic E-state index is 14.1. The average molecular weight is 813 g/mol. The predicted octanol–water partition coefficient (Wildman–Crippen LogP) is 6.33. The van der Waals surface area contributed by atoms with Gasteiger partial charge in [-0.25, -0.2) is 12.6 Å². The summed E-state index contributed by atoms with van der Waals surface area (Å²) in [5, 5.41) is 0.389. The minimum absolute atomic E-state index is 0.00227. The molecular weight excluding hydrogens is 754 g/mol. The third kappa shape index (κ3) is 7.62. The quantitative estimate of drug-likeness (QED) is 0.283. The van der Waals surface area contributed by atoms with E-state index in [2.05, 4.69) is 51.6 Å². The number of hydrogen-bond donors (Lipinski definition) is 1. The van der Waals surface area contributed by atoms with Crippen molar-refractivity contribution in [2.24, 2.45) is 29.6 Å². The lowest BCUT2D eigenvalue weighted by atomic mass is 9.63. The molecule has 1 saturated carbocycles. The molecule has 9 nitrogen and oxygen atoms in total. The van der Waals surface area contributed by atoms with Crippen molar-refractivity contribution in [2.75, 3.05) is 62.8 Å². The normalized spacial score (nSPS) is 36.3. The number of aryl methyl sites for hydroxylation is 1. The topological polar surface area (TPSA) is 105 Å². The maximum Gasteiger partial charge on any atom is 0.262 e. The van der Waals surface area contributed by atoms with Crippen molar-refractivity contribution in [3.8, 4) is 5.75 Å². The van der Waals surface area contributed by atoms with Gasteiger partial charge in [-0.15, -0.1) is 0 Å². The van der Waals surface area contributed by atoms with E-state index in [9.17, 15) is 17.4 Å². The van der Waals surface area contributed by atoms with E-state index in [0.717, 1.165) is 94.1 Å². The summed E-state index contributed by atoms with van der Waals surface area (Å²) in [5.41, 5.74) is 3.13. The van der Waals surface area contributed by atoms with Crippen LogP contribution in [0.4, 0.5) is 5.69 Å². The molecule has 2 bridgehead atoms. The van der Waals surface area contributed by atoms with Crippen LogP contribution in [0, 0.1) is 29.6 Å². The summed E-state index contributed by atoms with van der Waals surface area (Å²) in [7, 11) is -4.02. The number of carbonyl (C=O) groups excluding carboxylic acids is 1. The summed E-state index contributed by atoms with van der Waals surface area (Å²) < 4.78 is 54.6. The molecule has 1 unspecified atom stereocenters. The Labute approximate surface area is 333 Å². The molecule has 4 aliphatic heterocycles. The van der Waals surface area contributed by atoms with E-state index in [1.807, 2.05) is 32.2 Å². The molecule has 0 aromatic heterocycles. The van der Waals surface area contributed by atoms with Crippen LogP contribution in [0.15, 0.2) is 48.6 Å². The van der Waals surface area contributed by atoms with Gasteiger partial charge in [0.15, 0.2) is 0 Å². The van der Waals surface area contributed by atoms with E-state index < -0.39 is 25.1 Å². The highest BCUT2D eigenvalue weighted by Gasteiger charge is 2.51. The highest BCUT2D eigenvalue weighted by molar-refractivity contribution is 7.99. The van der Waals surface area contributed by atoms with Crippen molar-refractivity contribution in [1.82, 2.24) is 9.62 Å². The highest BCUT2D eigenvalue weighted by Crippen LogP contribution is 2.50. The Bertz CT molecular complexity index is 2040. The van der Waals surface area contributed by atoms with Crippen LogP contribution in [-0.2, 0) is 36.1 Å². The Kier molecular flexibility index (Phi) is 10.7. The zero-order valence-electron chi connectivity index (χ0n) is 32.6. The molecule has 8 rings (SSSR count). The fourth-order valence-electron chi connectivity index (χ4n) is 10.7. The largest absolute Gasteiger partial charge is 0.490 e. The molecule has 2 aliphatic carbocycles. The standard InChI is InChI=1S/C43H58ClN3O6S2/c1-29-7-5-18-43(52-3,27-46-23-35(24-46)31-15-19-55(50,51)20-16-31)38-12-9-34(38)25-47-26-42(17-6-8-32-21-36(44)11-13-37(32)42)28-53-40-14-10-33(22-39(40)47)41(48)45-54(4,49)30(29)2/h5,10-11,13-14,18,21-22,29-31,34-35,38H,4,6-9,12,15-17,19-20,23-28H2,1-3H3,(H,45,48,49)/b18-5+/t29-,30+,34-,38+,42-,43+,54?/m0/s1. The van der Waals surface area contributed by atoms with E-state index in [1.54, 1.807) is 6.07 Å². The zero-order valence-corrected chi connectivity index (χ0v) is 35.0. The third-order valence-corrected chi connectivity index (χ3v) is 18.6. The molecule has 1 amide bonds. The molecule has 55 heavy (non-hydrogen) atoms. The summed E-state index contributed by atoms with van der Waals surface area (Å²) in [6.45, 7) is 8.74. The monoisotopic (exact) mass is 811 g/mol. The van der Waals surface area contributed by atoms with Gasteiger partial charge >= 0.3 is 0 Å². The Morgan fingerprint density at radius 1 is 1.00 bits per heavy atom. The number of rotatable bonds is 4. The Morgan fingerprint density at radius 3 is 2.51 bits per heavy atom. The van der Waals surface area contributed by atoms with Crippen LogP contribution < -0.4 is 14.4 Å². The van der Waals surface area contributed by atoms with Crippen LogP contribution in [0.5, 0.6) is 5.75 Å². The number of amides is 1. The summed E-state index contributed by atoms with van der Waals surface area (Å²) >= 11 is 6.52. The van der Waals surface area contributed by atoms with Crippen molar-refractivity contribution >= 4 is 48.6 Å². The number of anilines is 1. The van der Waals surface area contributed by atoms with Crippen LogP contribution in [0.25, 0.3) is 0 Å². The first-order valence-corrected chi connectivity index (χ1v) is 24.3.